The second kappa shape index (κ2) is 5.09. The van der Waals surface area contributed by atoms with Crippen LogP contribution in [0.3, 0.4) is 0 Å². The number of hydrogen-bond donors (Lipinski definition) is 0. The number of hydrogen-bond acceptors (Lipinski definition) is 1. The van der Waals surface area contributed by atoms with Crippen molar-refractivity contribution in [1.29, 1.82) is 0 Å². The summed E-state index contributed by atoms with van der Waals surface area (Å²) in [5.74, 6) is 0. The summed E-state index contributed by atoms with van der Waals surface area (Å²) < 4.78 is 0. The van der Waals surface area contributed by atoms with Crippen LogP contribution in [-0.2, 0) is 6.42 Å². The fourth-order valence-electron chi connectivity index (χ4n) is 2.81. The normalized spacial score (nSPS) is 10.9. The smallest absolute Gasteiger partial charge is 0.0712 e. The van der Waals surface area contributed by atoms with Gasteiger partial charge >= 0.3 is 0 Å². The molecule has 0 bridgehead atoms. The van der Waals surface area contributed by atoms with Crippen LogP contribution < -0.4 is 0 Å². The van der Waals surface area contributed by atoms with Crippen molar-refractivity contribution in [3.63, 3.8) is 0 Å². The van der Waals surface area contributed by atoms with Crippen LogP contribution in [0.5, 0.6) is 0 Å². The van der Waals surface area contributed by atoms with Gasteiger partial charge < -0.3 is 0 Å². The zero-order valence-corrected chi connectivity index (χ0v) is 12.3. The fraction of sp³-hybridized carbons (Fsp3) is 0.211. The summed E-state index contributed by atoms with van der Waals surface area (Å²) in [7, 11) is 0. The second-order valence-corrected chi connectivity index (χ2v) is 5.41. The maximum absolute atomic E-state index is 4.84. The minimum Gasteiger partial charge on any atom is -0.248 e. The van der Waals surface area contributed by atoms with E-state index in [1.165, 1.54) is 27.6 Å². The average molecular weight is 261 g/mol. The van der Waals surface area contributed by atoms with Gasteiger partial charge in [-0.2, -0.15) is 0 Å². The molecule has 0 spiro atoms. The van der Waals surface area contributed by atoms with Gasteiger partial charge in [0.15, 0.2) is 0 Å². The van der Waals surface area contributed by atoms with E-state index in [-0.39, 0.29) is 0 Å². The van der Waals surface area contributed by atoms with E-state index in [2.05, 4.69) is 69.3 Å². The summed E-state index contributed by atoms with van der Waals surface area (Å²) in [5.41, 5.74) is 7.31. The fourth-order valence-corrected chi connectivity index (χ4v) is 2.81. The SMILES string of the molecule is CCc1cc(-c2cc(C)cc(C)c2)nc2ccccc12. The van der Waals surface area contributed by atoms with Gasteiger partial charge in [0, 0.05) is 10.9 Å². The highest BCUT2D eigenvalue weighted by Crippen LogP contribution is 2.26. The lowest BCUT2D eigenvalue weighted by molar-refractivity contribution is 1.15. The van der Waals surface area contributed by atoms with Crippen LogP contribution >= 0.6 is 0 Å². The van der Waals surface area contributed by atoms with Crippen molar-refractivity contribution in [3.8, 4) is 11.3 Å². The number of nitrogens with zero attached hydrogens (tertiary/aromatic N) is 1. The summed E-state index contributed by atoms with van der Waals surface area (Å²) in [6.45, 7) is 6.48. The van der Waals surface area contributed by atoms with Gasteiger partial charge in [-0.1, -0.05) is 42.3 Å². The zero-order valence-electron chi connectivity index (χ0n) is 12.3. The minimum absolute atomic E-state index is 1.03. The second-order valence-electron chi connectivity index (χ2n) is 5.41. The van der Waals surface area contributed by atoms with Crippen molar-refractivity contribution in [1.82, 2.24) is 4.98 Å². The van der Waals surface area contributed by atoms with E-state index in [0.29, 0.717) is 0 Å². The first-order valence-corrected chi connectivity index (χ1v) is 7.14. The average Bonchev–Trinajstić information content (AvgIpc) is 2.45. The molecule has 100 valence electrons. The molecule has 0 saturated heterocycles. The summed E-state index contributed by atoms with van der Waals surface area (Å²) in [6.07, 6.45) is 1.03. The Morgan fingerprint density at radius 2 is 1.60 bits per heavy atom. The number of fused-ring (bicyclic) bond motifs is 1. The molecular formula is C19H19N. The van der Waals surface area contributed by atoms with Crippen molar-refractivity contribution in [2.45, 2.75) is 27.2 Å². The molecule has 1 heterocycles. The lowest BCUT2D eigenvalue weighted by Gasteiger charge is -2.09. The van der Waals surface area contributed by atoms with Gasteiger partial charge in [0.05, 0.1) is 11.2 Å². The molecule has 3 aromatic rings. The lowest BCUT2D eigenvalue weighted by Crippen LogP contribution is -1.92. The van der Waals surface area contributed by atoms with Gasteiger partial charge in [-0.15, -0.1) is 0 Å². The third kappa shape index (κ3) is 2.32. The predicted molar refractivity (Wildman–Crippen MR) is 86.0 cm³/mol. The molecule has 1 heteroatoms. The molecule has 1 aromatic heterocycles. The van der Waals surface area contributed by atoms with Crippen molar-refractivity contribution >= 4 is 10.9 Å². The van der Waals surface area contributed by atoms with E-state index >= 15 is 0 Å². The summed E-state index contributed by atoms with van der Waals surface area (Å²) in [5, 5.41) is 1.27. The Hall–Kier alpha value is -2.15. The van der Waals surface area contributed by atoms with Crippen LogP contribution in [0.15, 0.2) is 48.5 Å². The molecule has 3 rings (SSSR count). The van der Waals surface area contributed by atoms with Crippen molar-refractivity contribution in [2.75, 3.05) is 0 Å². The summed E-state index contributed by atoms with van der Waals surface area (Å²) in [6, 6.07) is 17.3. The molecule has 0 atom stereocenters. The molecule has 2 aromatic carbocycles. The Morgan fingerprint density at radius 1 is 0.900 bits per heavy atom. The van der Waals surface area contributed by atoms with Gasteiger partial charge in [-0.05, 0) is 50.1 Å². The molecule has 0 N–H and O–H groups in total. The van der Waals surface area contributed by atoms with E-state index in [9.17, 15) is 0 Å². The highest BCUT2D eigenvalue weighted by molar-refractivity contribution is 5.85. The maximum atomic E-state index is 4.84. The zero-order chi connectivity index (χ0) is 14.1. The van der Waals surface area contributed by atoms with Gasteiger partial charge in [-0.3, -0.25) is 0 Å². The summed E-state index contributed by atoms with van der Waals surface area (Å²) >= 11 is 0. The Morgan fingerprint density at radius 3 is 2.30 bits per heavy atom. The Kier molecular flexibility index (Phi) is 3.27. The van der Waals surface area contributed by atoms with E-state index in [4.69, 9.17) is 4.98 Å². The number of para-hydroxylation sites is 1. The first-order chi connectivity index (χ1) is 9.67. The standard InChI is InChI=1S/C19H19N/c1-4-15-12-19(16-10-13(2)9-14(3)11-16)20-18-8-6-5-7-17(15)18/h5-12H,4H2,1-3H3. The van der Waals surface area contributed by atoms with Crippen LogP contribution in [0, 0.1) is 13.8 Å². The molecule has 0 unspecified atom stereocenters. The van der Waals surface area contributed by atoms with Gasteiger partial charge in [0.2, 0.25) is 0 Å². The minimum atomic E-state index is 1.03. The third-order valence-electron chi connectivity index (χ3n) is 3.70. The predicted octanol–water partition coefficient (Wildman–Crippen LogP) is 5.08. The van der Waals surface area contributed by atoms with Gasteiger partial charge in [0.25, 0.3) is 0 Å². The molecule has 0 radical (unpaired) electrons. The number of aromatic nitrogens is 1. The highest BCUT2D eigenvalue weighted by Gasteiger charge is 2.07. The molecule has 0 aliphatic carbocycles. The van der Waals surface area contributed by atoms with Gasteiger partial charge in [-0.25, -0.2) is 4.98 Å². The Balaban J connectivity index is 2.26. The largest absolute Gasteiger partial charge is 0.248 e. The molecule has 0 aliphatic rings. The van der Waals surface area contributed by atoms with Crippen molar-refractivity contribution in [2.24, 2.45) is 0 Å². The molecule has 0 aliphatic heterocycles. The summed E-state index contributed by atoms with van der Waals surface area (Å²) in [4.78, 5) is 4.84. The number of pyridine rings is 1. The van der Waals surface area contributed by atoms with E-state index in [1.807, 2.05) is 0 Å². The van der Waals surface area contributed by atoms with E-state index in [0.717, 1.165) is 17.6 Å². The van der Waals surface area contributed by atoms with Crippen LogP contribution in [0.4, 0.5) is 0 Å². The number of benzene rings is 2. The van der Waals surface area contributed by atoms with Crippen LogP contribution in [-0.4, -0.2) is 4.98 Å². The molecule has 0 saturated carbocycles. The Bertz CT molecular complexity index is 752. The molecule has 0 amide bonds. The van der Waals surface area contributed by atoms with E-state index in [1.54, 1.807) is 0 Å². The molecular weight excluding hydrogens is 242 g/mol. The quantitative estimate of drug-likeness (QED) is 0.626. The maximum Gasteiger partial charge on any atom is 0.0712 e. The molecule has 1 nitrogen and oxygen atoms in total. The Labute approximate surface area is 120 Å². The highest BCUT2D eigenvalue weighted by atomic mass is 14.7. The van der Waals surface area contributed by atoms with Gasteiger partial charge in [0.1, 0.15) is 0 Å². The number of rotatable bonds is 2. The third-order valence-corrected chi connectivity index (χ3v) is 3.70. The lowest BCUT2D eigenvalue weighted by atomic mass is 10.0. The molecule has 0 fully saturated rings. The first kappa shape index (κ1) is 12.9. The van der Waals surface area contributed by atoms with E-state index < -0.39 is 0 Å². The van der Waals surface area contributed by atoms with Crippen molar-refractivity contribution < 1.29 is 0 Å². The topological polar surface area (TPSA) is 12.9 Å². The monoisotopic (exact) mass is 261 g/mol. The molecule has 20 heavy (non-hydrogen) atoms. The van der Waals surface area contributed by atoms with Crippen molar-refractivity contribution in [3.05, 3.63) is 65.2 Å². The van der Waals surface area contributed by atoms with Crippen LogP contribution in [0.2, 0.25) is 0 Å². The number of aryl methyl sites for hydroxylation is 3. The van der Waals surface area contributed by atoms with Crippen LogP contribution in [0.1, 0.15) is 23.6 Å². The first-order valence-electron chi connectivity index (χ1n) is 7.14. The van der Waals surface area contributed by atoms with Crippen LogP contribution in [0.25, 0.3) is 22.2 Å².